The van der Waals surface area contributed by atoms with Gasteiger partial charge in [0.2, 0.25) is 5.91 Å². The summed E-state index contributed by atoms with van der Waals surface area (Å²) >= 11 is 0. The molecule has 1 N–H and O–H groups in total. The fourth-order valence-electron chi connectivity index (χ4n) is 2.64. The van der Waals surface area contributed by atoms with Crippen molar-refractivity contribution in [2.45, 2.75) is 33.1 Å². The standard InChI is InChI=1S/C16H25N3O/c1-13(2)10-16(20)18-11-14-5-8-19(9-6-14)15-4-3-7-17-12-15/h3-4,7,12-14H,5-6,8-11H2,1-2H3,(H,18,20). The van der Waals surface area contributed by atoms with Crippen molar-refractivity contribution in [3.63, 3.8) is 0 Å². The molecule has 2 rings (SSSR count). The Bertz CT molecular complexity index is 411. The van der Waals surface area contributed by atoms with Crippen LogP contribution in [0.25, 0.3) is 0 Å². The molecule has 0 bridgehead atoms. The fraction of sp³-hybridized carbons (Fsp3) is 0.625. The maximum atomic E-state index is 11.7. The van der Waals surface area contributed by atoms with Gasteiger partial charge in [0.25, 0.3) is 0 Å². The summed E-state index contributed by atoms with van der Waals surface area (Å²) in [4.78, 5) is 18.2. The molecule has 1 saturated heterocycles. The Morgan fingerprint density at radius 2 is 2.20 bits per heavy atom. The van der Waals surface area contributed by atoms with E-state index in [0.717, 1.165) is 32.5 Å². The second-order valence-electron chi connectivity index (χ2n) is 6.04. The molecule has 1 aromatic heterocycles. The van der Waals surface area contributed by atoms with Crippen LogP contribution in [0.5, 0.6) is 0 Å². The minimum Gasteiger partial charge on any atom is -0.370 e. The molecule has 0 radical (unpaired) electrons. The van der Waals surface area contributed by atoms with Gasteiger partial charge >= 0.3 is 0 Å². The maximum Gasteiger partial charge on any atom is 0.220 e. The van der Waals surface area contributed by atoms with Crippen LogP contribution in [0.15, 0.2) is 24.5 Å². The molecule has 20 heavy (non-hydrogen) atoms. The highest BCUT2D eigenvalue weighted by Crippen LogP contribution is 2.21. The van der Waals surface area contributed by atoms with E-state index in [1.807, 2.05) is 12.3 Å². The number of anilines is 1. The number of pyridine rings is 1. The molecule has 4 heteroatoms. The van der Waals surface area contributed by atoms with Gasteiger partial charge in [0, 0.05) is 32.3 Å². The van der Waals surface area contributed by atoms with Gasteiger partial charge in [-0.15, -0.1) is 0 Å². The molecule has 4 nitrogen and oxygen atoms in total. The molecular weight excluding hydrogens is 250 g/mol. The van der Waals surface area contributed by atoms with E-state index in [1.165, 1.54) is 5.69 Å². The Kier molecular flexibility index (Phi) is 5.39. The summed E-state index contributed by atoms with van der Waals surface area (Å²) in [6.07, 6.45) is 6.63. The van der Waals surface area contributed by atoms with Crippen molar-refractivity contribution >= 4 is 11.6 Å². The van der Waals surface area contributed by atoms with Gasteiger partial charge in [-0.05, 0) is 36.8 Å². The first kappa shape index (κ1) is 14.8. The van der Waals surface area contributed by atoms with E-state index in [-0.39, 0.29) is 5.91 Å². The molecule has 2 heterocycles. The molecule has 1 aromatic rings. The molecule has 1 fully saturated rings. The second kappa shape index (κ2) is 7.27. The highest BCUT2D eigenvalue weighted by Gasteiger charge is 2.20. The van der Waals surface area contributed by atoms with Crippen LogP contribution in [-0.4, -0.2) is 30.5 Å². The van der Waals surface area contributed by atoms with E-state index in [4.69, 9.17) is 0 Å². The van der Waals surface area contributed by atoms with E-state index in [9.17, 15) is 4.79 Å². The number of nitrogens with one attached hydrogen (secondary N) is 1. The van der Waals surface area contributed by atoms with E-state index >= 15 is 0 Å². The van der Waals surface area contributed by atoms with E-state index < -0.39 is 0 Å². The van der Waals surface area contributed by atoms with E-state index in [2.05, 4.69) is 35.1 Å². The zero-order valence-corrected chi connectivity index (χ0v) is 12.5. The van der Waals surface area contributed by atoms with Crippen LogP contribution >= 0.6 is 0 Å². The highest BCUT2D eigenvalue weighted by atomic mass is 16.1. The van der Waals surface area contributed by atoms with Gasteiger partial charge in [0.1, 0.15) is 0 Å². The number of hydrogen-bond acceptors (Lipinski definition) is 3. The second-order valence-corrected chi connectivity index (χ2v) is 6.04. The SMILES string of the molecule is CC(C)CC(=O)NCC1CCN(c2cccnc2)CC1. The number of hydrogen-bond donors (Lipinski definition) is 1. The highest BCUT2D eigenvalue weighted by molar-refractivity contribution is 5.76. The predicted octanol–water partition coefficient (Wildman–Crippen LogP) is 2.46. The molecule has 0 saturated carbocycles. The van der Waals surface area contributed by atoms with E-state index in [0.29, 0.717) is 18.3 Å². The monoisotopic (exact) mass is 275 g/mol. The quantitative estimate of drug-likeness (QED) is 0.898. The van der Waals surface area contributed by atoms with Crippen molar-refractivity contribution in [3.8, 4) is 0 Å². The molecule has 0 spiro atoms. The summed E-state index contributed by atoms with van der Waals surface area (Å²) in [6.45, 7) is 7.08. The first-order valence-corrected chi connectivity index (χ1v) is 7.57. The fourth-order valence-corrected chi connectivity index (χ4v) is 2.64. The van der Waals surface area contributed by atoms with E-state index in [1.54, 1.807) is 6.20 Å². The first-order chi connectivity index (χ1) is 9.65. The van der Waals surface area contributed by atoms with Gasteiger partial charge in [-0.3, -0.25) is 9.78 Å². The Labute approximate surface area is 121 Å². The maximum absolute atomic E-state index is 11.7. The lowest BCUT2D eigenvalue weighted by Gasteiger charge is -2.33. The van der Waals surface area contributed by atoms with Crippen LogP contribution in [0, 0.1) is 11.8 Å². The third kappa shape index (κ3) is 4.51. The Morgan fingerprint density at radius 1 is 1.45 bits per heavy atom. The van der Waals surface area contributed by atoms with Gasteiger partial charge in [-0.25, -0.2) is 0 Å². The first-order valence-electron chi connectivity index (χ1n) is 7.57. The zero-order chi connectivity index (χ0) is 14.4. The van der Waals surface area contributed by atoms with Crippen LogP contribution in [0.4, 0.5) is 5.69 Å². The van der Waals surface area contributed by atoms with Crippen LogP contribution in [0.2, 0.25) is 0 Å². The summed E-state index contributed by atoms with van der Waals surface area (Å²) in [6, 6.07) is 4.09. The van der Waals surface area contributed by atoms with Crippen LogP contribution in [-0.2, 0) is 4.79 Å². The summed E-state index contributed by atoms with van der Waals surface area (Å²) in [5.41, 5.74) is 1.20. The Balaban J connectivity index is 1.71. The van der Waals surface area contributed by atoms with Crippen molar-refractivity contribution in [2.75, 3.05) is 24.5 Å². The smallest absolute Gasteiger partial charge is 0.220 e. The van der Waals surface area contributed by atoms with Crippen LogP contribution in [0.1, 0.15) is 33.1 Å². The number of carbonyl (C=O) groups excluding carboxylic acids is 1. The van der Waals surface area contributed by atoms with Crippen LogP contribution in [0.3, 0.4) is 0 Å². The van der Waals surface area contributed by atoms with Gasteiger partial charge < -0.3 is 10.2 Å². The average Bonchev–Trinajstić information content (AvgIpc) is 2.46. The molecule has 0 unspecified atom stereocenters. The van der Waals surface area contributed by atoms with Gasteiger partial charge in [0.05, 0.1) is 11.9 Å². The van der Waals surface area contributed by atoms with Gasteiger partial charge in [0.15, 0.2) is 0 Å². The van der Waals surface area contributed by atoms with Crippen molar-refractivity contribution in [3.05, 3.63) is 24.5 Å². The number of piperidine rings is 1. The van der Waals surface area contributed by atoms with Crippen molar-refractivity contribution in [1.82, 2.24) is 10.3 Å². The Morgan fingerprint density at radius 3 is 2.80 bits per heavy atom. The third-order valence-corrected chi connectivity index (χ3v) is 3.81. The summed E-state index contributed by atoms with van der Waals surface area (Å²) < 4.78 is 0. The lowest BCUT2D eigenvalue weighted by atomic mass is 9.96. The summed E-state index contributed by atoms with van der Waals surface area (Å²) in [5.74, 6) is 1.23. The molecular formula is C16H25N3O. The molecule has 1 amide bonds. The number of amides is 1. The van der Waals surface area contributed by atoms with Crippen molar-refractivity contribution in [1.29, 1.82) is 0 Å². The largest absolute Gasteiger partial charge is 0.370 e. The van der Waals surface area contributed by atoms with Crippen molar-refractivity contribution in [2.24, 2.45) is 11.8 Å². The van der Waals surface area contributed by atoms with Crippen molar-refractivity contribution < 1.29 is 4.79 Å². The molecule has 1 aliphatic rings. The topological polar surface area (TPSA) is 45.2 Å². The number of aromatic nitrogens is 1. The summed E-state index contributed by atoms with van der Waals surface area (Å²) in [5, 5.41) is 3.07. The van der Waals surface area contributed by atoms with Gasteiger partial charge in [-0.1, -0.05) is 13.8 Å². The predicted molar refractivity (Wildman–Crippen MR) is 81.6 cm³/mol. The molecule has 0 aromatic carbocycles. The normalized spacial score (nSPS) is 16.4. The average molecular weight is 275 g/mol. The summed E-state index contributed by atoms with van der Waals surface area (Å²) in [7, 11) is 0. The number of nitrogens with zero attached hydrogens (tertiary/aromatic N) is 2. The minimum absolute atomic E-state index is 0.190. The molecule has 110 valence electrons. The third-order valence-electron chi connectivity index (χ3n) is 3.81. The number of carbonyl (C=O) groups is 1. The lowest BCUT2D eigenvalue weighted by molar-refractivity contribution is -0.122. The molecule has 1 aliphatic heterocycles. The lowest BCUT2D eigenvalue weighted by Crippen LogP contribution is -2.38. The number of rotatable bonds is 5. The Hall–Kier alpha value is -1.58. The molecule has 0 atom stereocenters. The zero-order valence-electron chi connectivity index (χ0n) is 12.5. The van der Waals surface area contributed by atoms with Gasteiger partial charge in [-0.2, -0.15) is 0 Å². The molecule has 0 aliphatic carbocycles. The minimum atomic E-state index is 0.190. The van der Waals surface area contributed by atoms with Crippen LogP contribution < -0.4 is 10.2 Å².